The molecule has 0 spiro atoms. The molecule has 0 radical (unpaired) electrons. The Bertz CT molecular complexity index is 114. The zero-order valence-electron chi connectivity index (χ0n) is 9.63. The van der Waals surface area contributed by atoms with Gasteiger partial charge in [-0.1, -0.05) is 13.8 Å². The first-order valence-electron chi connectivity index (χ1n) is 4.93. The molecule has 0 aliphatic carbocycles. The quantitative estimate of drug-likeness (QED) is 0.622. The number of hydrogen-bond acceptors (Lipinski definition) is 3. The Labute approximate surface area is 82.3 Å². The van der Waals surface area contributed by atoms with Gasteiger partial charge in [0.15, 0.2) is 0 Å². The highest BCUT2D eigenvalue weighted by molar-refractivity contribution is 5.72. The topological polar surface area (TPSA) is 46.3 Å². The van der Waals surface area contributed by atoms with Crippen molar-refractivity contribution in [3.63, 3.8) is 0 Å². The van der Waals surface area contributed by atoms with Crippen LogP contribution in [0.3, 0.4) is 0 Å². The molecule has 1 fully saturated rings. The van der Waals surface area contributed by atoms with Crippen molar-refractivity contribution >= 4 is 5.78 Å². The first kappa shape index (κ1) is 15.1. The lowest BCUT2D eigenvalue weighted by atomic mass is 10.3. The molecule has 3 heteroatoms. The molecule has 1 heterocycles. The van der Waals surface area contributed by atoms with Crippen molar-refractivity contribution < 1.29 is 4.79 Å². The van der Waals surface area contributed by atoms with E-state index in [0.29, 0.717) is 6.04 Å². The first-order valence-corrected chi connectivity index (χ1v) is 4.93. The van der Waals surface area contributed by atoms with E-state index in [9.17, 15) is 4.79 Å². The van der Waals surface area contributed by atoms with Gasteiger partial charge in [0, 0.05) is 12.6 Å². The zero-order chi connectivity index (χ0) is 10.9. The van der Waals surface area contributed by atoms with Crippen LogP contribution in [0.5, 0.6) is 0 Å². The summed E-state index contributed by atoms with van der Waals surface area (Å²) in [6.45, 7) is 9.32. The lowest BCUT2D eigenvalue weighted by molar-refractivity contribution is -0.114. The Morgan fingerprint density at radius 3 is 1.85 bits per heavy atom. The van der Waals surface area contributed by atoms with Crippen LogP contribution in [0.15, 0.2) is 0 Å². The number of nitrogens with zero attached hydrogens (tertiary/aromatic N) is 1. The summed E-state index contributed by atoms with van der Waals surface area (Å²) in [5.41, 5.74) is 5.58. The van der Waals surface area contributed by atoms with Gasteiger partial charge in [-0.2, -0.15) is 0 Å². The number of Topliss-reactive ketones (excluding diaryl/α,β-unsaturated/α-hetero) is 1. The predicted octanol–water partition coefficient (Wildman–Crippen LogP) is 1.27. The first-order chi connectivity index (χ1) is 6.02. The van der Waals surface area contributed by atoms with Crippen LogP contribution in [0.2, 0.25) is 0 Å². The van der Waals surface area contributed by atoms with Gasteiger partial charge in [0.25, 0.3) is 0 Å². The molecule has 0 aromatic heterocycles. The fourth-order valence-corrected chi connectivity index (χ4v) is 0.969. The molecule has 1 aliphatic heterocycles. The molecule has 2 N–H and O–H groups in total. The van der Waals surface area contributed by atoms with E-state index in [0.717, 1.165) is 6.54 Å². The van der Waals surface area contributed by atoms with Gasteiger partial charge in [-0.3, -0.25) is 0 Å². The third-order valence-corrected chi connectivity index (χ3v) is 1.43. The van der Waals surface area contributed by atoms with Crippen molar-refractivity contribution in [3.8, 4) is 0 Å². The van der Waals surface area contributed by atoms with E-state index < -0.39 is 0 Å². The summed E-state index contributed by atoms with van der Waals surface area (Å²) in [5, 5.41) is 0. The van der Waals surface area contributed by atoms with Crippen molar-refractivity contribution in [2.24, 2.45) is 5.73 Å². The Morgan fingerprint density at radius 2 is 1.77 bits per heavy atom. The number of likely N-dealkylation sites (tertiary alicyclic amines) is 1. The van der Waals surface area contributed by atoms with Gasteiger partial charge in [-0.15, -0.1) is 0 Å². The standard InChI is InChI=1S/C5H12N2.C3H6O.C2H6/c1-7-3-2-5(6)4-7;1-3(2)4;1-2/h5H,2-4,6H2,1H3;1-2H3;1-2H3. The van der Waals surface area contributed by atoms with Crippen molar-refractivity contribution in [2.45, 2.75) is 40.2 Å². The Balaban J connectivity index is 0. The molecule has 1 unspecified atom stereocenters. The van der Waals surface area contributed by atoms with Crippen LogP contribution in [0.4, 0.5) is 0 Å². The Morgan fingerprint density at radius 1 is 1.38 bits per heavy atom. The van der Waals surface area contributed by atoms with Crippen LogP contribution in [-0.4, -0.2) is 36.9 Å². The molecule has 1 rings (SSSR count). The van der Waals surface area contributed by atoms with E-state index in [2.05, 4.69) is 11.9 Å². The Kier molecular flexibility index (Phi) is 11.2. The smallest absolute Gasteiger partial charge is 0.126 e. The van der Waals surface area contributed by atoms with E-state index >= 15 is 0 Å². The van der Waals surface area contributed by atoms with Gasteiger partial charge in [0.05, 0.1) is 0 Å². The van der Waals surface area contributed by atoms with Crippen LogP contribution < -0.4 is 5.73 Å². The van der Waals surface area contributed by atoms with Gasteiger partial charge < -0.3 is 15.4 Å². The second-order valence-electron chi connectivity index (χ2n) is 3.22. The largest absolute Gasteiger partial charge is 0.326 e. The summed E-state index contributed by atoms with van der Waals surface area (Å²) >= 11 is 0. The second-order valence-corrected chi connectivity index (χ2v) is 3.22. The van der Waals surface area contributed by atoms with Crippen molar-refractivity contribution in [1.82, 2.24) is 4.90 Å². The summed E-state index contributed by atoms with van der Waals surface area (Å²) < 4.78 is 0. The van der Waals surface area contributed by atoms with Gasteiger partial charge in [0.2, 0.25) is 0 Å². The average molecular weight is 188 g/mol. The lowest BCUT2D eigenvalue weighted by Gasteiger charge is -2.03. The number of likely N-dealkylation sites (N-methyl/N-ethyl adjacent to an activating group) is 1. The minimum absolute atomic E-state index is 0.167. The van der Waals surface area contributed by atoms with E-state index in [1.54, 1.807) is 0 Å². The van der Waals surface area contributed by atoms with Crippen LogP contribution in [0, 0.1) is 0 Å². The zero-order valence-corrected chi connectivity index (χ0v) is 9.63. The van der Waals surface area contributed by atoms with Crippen molar-refractivity contribution in [3.05, 3.63) is 0 Å². The maximum Gasteiger partial charge on any atom is 0.126 e. The monoisotopic (exact) mass is 188 g/mol. The normalized spacial score (nSPS) is 20.9. The number of ketones is 1. The SMILES string of the molecule is CC.CC(C)=O.CN1CCC(N)C1. The number of carbonyl (C=O) groups is 1. The molecule has 13 heavy (non-hydrogen) atoms. The highest BCUT2D eigenvalue weighted by Gasteiger charge is 2.13. The average Bonchev–Trinajstić information content (AvgIpc) is 2.38. The van der Waals surface area contributed by atoms with Crippen LogP contribution >= 0.6 is 0 Å². The maximum atomic E-state index is 9.44. The highest BCUT2D eigenvalue weighted by Crippen LogP contribution is 2.01. The molecule has 0 saturated carbocycles. The summed E-state index contributed by atoms with van der Waals surface area (Å²) in [6.07, 6.45) is 1.18. The second kappa shape index (κ2) is 9.68. The summed E-state index contributed by atoms with van der Waals surface area (Å²) in [5.74, 6) is 0.167. The number of hydrogen-bond donors (Lipinski definition) is 1. The predicted molar refractivity (Wildman–Crippen MR) is 57.8 cm³/mol. The van der Waals surface area contributed by atoms with E-state index in [1.807, 2.05) is 13.8 Å². The number of rotatable bonds is 0. The van der Waals surface area contributed by atoms with E-state index in [4.69, 9.17) is 5.73 Å². The molecule has 1 aliphatic rings. The van der Waals surface area contributed by atoms with Crippen molar-refractivity contribution in [2.75, 3.05) is 20.1 Å². The fraction of sp³-hybridized carbons (Fsp3) is 0.900. The molecule has 0 amide bonds. The highest BCUT2D eigenvalue weighted by atomic mass is 16.1. The Hall–Kier alpha value is -0.410. The minimum Gasteiger partial charge on any atom is -0.326 e. The summed E-state index contributed by atoms with van der Waals surface area (Å²) in [4.78, 5) is 11.7. The molecular formula is C10H24N2O. The number of carbonyl (C=O) groups excluding carboxylic acids is 1. The van der Waals surface area contributed by atoms with Gasteiger partial charge in [0.1, 0.15) is 5.78 Å². The molecule has 1 saturated heterocycles. The molecule has 0 bridgehead atoms. The molecule has 1 atom stereocenters. The summed E-state index contributed by atoms with van der Waals surface area (Å²) in [7, 11) is 2.10. The van der Waals surface area contributed by atoms with Crippen LogP contribution in [-0.2, 0) is 4.79 Å². The van der Waals surface area contributed by atoms with Crippen molar-refractivity contribution in [1.29, 1.82) is 0 Å². The third-order valence-electron chi connectivity index (χ3n) is 1.43. The van der Waals surface area contributed by atoms with Crippen LogP contribution in [0.25, 0.3) is 0 Å². The molecular weight excluding hydrogens is 164 g/mol. The van der Waals surface area contributed by atoms with E-state index in [-0.39, 0.29) is 5.78 Å². The van der Waals surface area contributed by atoms with Crippen LogP contribution in [0.1, 0.15) is 34.1 Å². The lowest BCUT2D eigenvalue weighted by Crippen LogP contribution is -2.23. The summed E-state index contributed by atoms with van der Waals surface area (Å²) in [6, 6.07) is 0.449. The van der Waals surface area contributed by atoms with Gasteiger partial charge >= 0.3 is 0 Å². The van der Waals surface area contributed by atoms with E-state index in [1.165, 1.54) is 26.8 Å². The molecule has 0 aromatic carbocycles. The number of nitrogens with two attached hydrogens (primary N) is 1. The molecule has 0 aromatic rings. The van der Waals surface area contributed by atoms with Gasteiger partial charge in [-0.25, -0.2) is 0 Å². The molecule has 3 nitrogen and oxygen atoms in total. The van der Waals surface area contributed by atoms with Gasteiger partial charge in [-0.05, 0) is 33.9 Å². The molecule has 80 valence electrons. The fourth-order valence-electron chi connectivity index (χ4n) is 0.969. The minimum atomic E-state index is 0.167. The maximum absolute atomic E-state index is 9.44. The third kappa shape index (κ3) is 14.4.